The summed E-state index contributed by atoms with van der Waals surface area (Å²) in [6.07, 6.45) is 1.97. The van der Waals surface area contributed by atoms with E-state index >= 15 is 0 Å². The third-order valence-electron chi connectivity index (χ3n) is 5.08. The predicted molar refractivity (Wildman–Crippen MR) is 114 cm³/mol. The Labute approximate surface area is 170 Å². The molecular formula is C22H26N4O3. The van der Waals surface area contributed by atoms with Crippen LogP contribution in [0.15, 0.2) is 48.5 Å². The summed E-state index contributed by atoms with van der Waals surface area (Å²) in [5.41, 5.74) is 3.51. The summed E-state index contributed by atoms with van der Waals surface area (Å²) in [7, 11) is 0. The van der Waals surface area contributed by atoms with E-state index in [0.29, 0.717) is 0 Å². The molecule has 0 radical (unpaired) electrons. The molecule has 4 rings (SSSR count). The summed E-state index contributed by atoms with van der Waals surface area (Å²) < 4.78 is 5.37. The number of nitrogens with one attached hydrogen (secondary N) is 3. The minimum atomic E-state index is -0.116. The second-order valence-corrected chi connectivity index (χ2v) is 7.39. The summed E-state index contributed by atoms with van der Waals surface area (Å²) in [6.45, 7) is 3.44. The zero-order valence-corrected chi connectivity index (χ0v) is 16.3. The molecule has 2 fully saturated rings. The van der Waals surface area contributed by atoms with Gasteiger partial charge in [0.25, 0.3) is 0 Å². The molecule has 1 aliphatic carbocycles. The maximum atomic E-state index is 12.2. The Balaban J connectivity index is 1.22. The molecule has 2 aromatic carbocycles. The molecule has 0 atom stereocenters. The van der Waals surface area contributed by atoms with Gasteiger partial charge in [-0.25, -0.2) is 0 Å². The molecule has 2 aliphatic rings. The average molecular weight is 394 g/mol. The van der Waals surface area contributed by atoms with Crippen LogP contribution in [0, 0.1) is 5.92 Å². The summed E-state index contributed by atoms with van der Waals surface area (Å²) >= 11 is 0. The van der Waals surface area contributed by atoms with Gasteiger partial charge in [0.2, 0.25) is 11.8 Å². The number of morpholine rings is 1. The highest BCUT2D eigenvalue weighted by atomic mass is 16.5. The first kappa shape index (κ1) is 19.3. The standard InChI is InChI=1S/C22H26N4O3/c27-21(24-18-7-9-20(10-8-18)26-11-13-29-14-12-26)15-23-17-3-5-19(6-4-17)25-22(28)16-1-2-16/h3-10,16,23H,1-2,11-15H2,(H,24,27)(H,25,28). The number of hydrogen-bond acceptors (Lipinski definition) is 5. The first-order chi connectivity index (χ1) is 14.2. The van der Waals surface area contributed by atoms with Crippen molar-refractivity contribution >= 4 is 34.6 Å². The third kappa shape index (κ3) is 5.48. The van der Waals surface area contributed by atoms with Crippen LogP contribution in [0.5, 0.6) is 0 Å². The molecule has 3 N–H and O–H groups in total. The largest absolute Gasteiger partial charge is 0.378 e. The van der Waals surface area contributed by atoms with Crippen LogP contribution in [0.4, 0.5) is 22.7 Å². The number of anilines is 4. The van der Waals surface area contributed by atoms with E-state index < -0.39 is 0 Å². The highest BCUT2D eigenvalue weighted by molar-refractivity contribution is 5.95. The maximum absolute atomic E-state index is 12.2. The minimum Gasteiger partial charge on any atom is -0.378 e. The van der Waals surface area contributed by atoms with E-state index in [0.717, 1.165) is 61.9 Å². The fourth-order valence-electron chi connectivity index (χ4n) is 3.23. The Kier molecular flexibility index (Phi) is 5.95. The zero-order chi connectivity index (χ0) is 20.1. The van der Waals surface area contributed by atoms with Gasteiger partial charge in [-0.15, -0.1) is 0 Å². The molecule has 0 aromatic heterocycles. The lowest BCUT2D eigenvalue weighted by atomic mass is 10.2. The van der Waals surface area contributed by atoms with Crippen molar-refractivity contribution in [3.8, 4) is 0 Å². The van der Waals surface area contributed by atoms with Crippen molar-refractivity contribution in [2.45, 2.75) is 12.8 Å². The number of amides is 2. The van der Waals surface area contributed by atoms with Gasteiger partial charge in [-0.3, -0.25) is 9.59 Å². The summed E-state index contributed by atoms with van der Waals surface area (Å²) in [4.78, 5) is 26.3. The van der Waals surface area contributed by atoms with Crippen LogP contribution in [0.1, 0.15) is 12.8 Å². The Bertz CT molecular complexity index is 841. The molecule has 152 valence electrons. The van der Waals surface area contributed by atoms with Gasteiger partial charge in [0.15, 0.2) is 0 Å². The number of ether oxygens (including phenoxy) is 1. The predicted octanol–water partition coefficient (Wildman–Crippen LogP) is 2.92. The molecule has 0 bridgehead atoms. The zero-order valence-electron chi connectivity index (χ0n) is 16.3. The Hall–Kier alpha value is -3.06. The summed E-state index contributed by atoms with van der Waals surface area (Å²) in [5, 5.41) is 8.89. The van der Waals surface area contributed by atoms with Crippen LogP contribution in [-0.4, -0.2) is 44.7 Å². The number of rotatable bonds is 7. The molecule has 0 spiro atoms. The Morgan fingerprint density at radius 2 is 1.45 bits per heavy atom. The third-order valence-corrected chi connectivity index (χ3v) is 5.08. The van der Waals surface area contributed by atoms with Crippen molar-refractivity contribution in [1.82, 2.24) is 0 Å². The van der Waals surface area contributed by atoms with Crippen molar-refractivity contribution < 1.29 is 14.3 Å². The first-order valence-electron chi connectivity index (χ1n) is 10.0. The van der Waals surface area contributed by atoms with Crippen molar-refractivity contribution in [2.24, 2.45) is 5.92 Å². The SMILES string of the molecule is O=C(CNc1ccc(NC(=O)C2CC2)cc1)Nc1ccc(N2CCOCC2)cc1. The van der Waals surface area contributed by atoms with Crippen molar-refractivity contribution in [3.63, 3.8) is 0 Å². The van der Waals surface area contributed by atoms with Gasteiger partial charge in [-0.1, -0.05) is 0 Å². The quantitative estimate of drug-likeness (QED) is 0.673. The Morgan fingerprint density at radius 1 is 0.862 bits per heavy atom. The number of nitrogens with zero attached hydrogens (tertiary/aromatic N) is 1. The van der Waals surface area contributed by atoms with E-state index in [4.69, 9.17) is 4.74 Å². The van der Waals surface area contributed by atoms with Crippen LogP contribution >= 0.6 is 0 Å². The fourth-order valence-corrected chi connectivity index (χ4v) is 3.23. The van der Waals surface area contributed by atoms with Gasteiger partial charge in [-0.05, 0) is 61.4 Å². The van der Waals surface area contributed by atoms with Gasteiger partial charge in [0.1, 0.15) is 0 Å². The molecule has 29 heavy (non-hydrogen) atoms. The van der Waals surface area contributed by atoms with E-state index in [1.54, 1.807) is 0 Å². The normalized spacial score (nSPS) is 16.2. The summed E-state index contributed by atoms with van der Waals surface area (Å²) in [6, 6.07) is 15.3. The maximum Gasteiger partial charge on any atom is 0.243 e. The van der Waals surface area contributed by atoms with Gasteiger partial charge in [0, 0.05) is 41.8 Å². The van der Waals surface area contributed by atoms with Gasteiger partial charge in [0.05, 0.1) is 19.8 Å². The molecule has 1 heterocycles. The van der Waals surface area contributed by atoms with Crippen molar-refractivity contribution in [1.29, 1.82) is 0 Å². The fraction of sp³-hybridized carbons (Fsp3) is 0.364. The molecule has 7 nitrogen and oxygen atoms in total. The lowest BCUT2D eigenvalue weighted by Gasteiger charge is -2.28. The molecular weight excluding hydrogens is 368 g/mol. The smallest absolute Gasteiger partial charge is 0.243 e. The lowest BCUT2D eigenvalue weighted by molar-refractivity contribution is -0.117. The molecule has 7 heteroatoms. The van der Waals surface area contributed by atoms with Gasteiger partial charge < -0.3 is 25.6 Å². The second-order valence-electron chi connectivity index (χ2n) is 7.39. The second kappa shape index (κ2) is 8.96. The highest BCUT2D eigenvalue weighted by Crippen LogP contribution is 2.30. The van der Waals surface area contributed by atoms with E-state index in [-0.39, 0.29) is 24.3 Å². The number of carbonyl (C=O) groups is 2. The van der Waals surface area contributed by atoms with E-state index in [9.17, 15) is 9.59 Å². The molecule has 0 unspecified atom stereocenters. The van der Waals surface area contributed by atoms with E-state index in [2.05, 4.69) is 20.9 Å². The number of hydrogen-bond donors (Lipinski definition) is 3. The van der Waals surface area contributed by atoms with Crippen molar-refractivity contribution in [3.05, 3.63) is 48.5 Å². The topological polar surface area (TPSA) is 82.7 Å². The minimum absolute atomic E-state index is 0.0877. The molecule has 1 saturated heterocycles. The summed E-state index contributed by atoms with van der Waals surface area (Å²) in [5.74, 6) is 0.152. The first-order valence-corrected chi connectivity index (χ1v) is 10.0. The lowest BCUT2D eigenvalue weighted by Crippen LogP contribution is -2.36. The number of carbonyl (C=O) groups excluding carboxylic acids is 2. The monoisotopic (exact) mass is 394 g/mol. The van der Waals surface area contributed by atoms with Crippen LogP contribution in [-0.2, 0) is 14.3 Å². The molecule has 2 amide bonds. The molecule has 1 aliphatic heterocycles. The van der Waals surface area contributed by atoms with E-state index in [1.807, 2.05) is 48.5 Å². The van der Waals surface area contributed by atoms with E-state index in [1.165, 1.54) is 0 Å². The van der Waals surface area contributed by atoms with Gasteiger partial charge >= 0.3 is 0 Å². The van der Waals surface area contributed by atoms with Crippen molar-refractivity contribution in [2.75, 3.05) is 53.7 Å². The van der Waals surface area contributed by atoms with Gasteiger partial charge in [-0.2, -0.15) is 0 Å². The average Bonchev–Trinajstić information content (AvgIpc) is 3.60. The molecule has 2 aromatic rings. The van der Waals surface area contributed by atoms with Crippen LogP contribution in [0.25, 0.3) is 0 Å². The number of benzene rings is 2. The van der Waals surface area contributed by atoms with Crippen LogP contribution in [0.3, 0.4) is 0 Å². The Morgan fingerprint density at radius 3 is 2.10 bits per heavy atom. The van der Waals surface area contributed by atoms with Crippen LogP contribution in [0.2, 0.25) is 0 Å². The molecule has 1 saturated carbocycles. The van der Waals surface area contributed by atoms with Crippen LogP contribution < -0.4 is 20.9 Å². The highest BCUT2D eigenvalue weighted by Gasteiger charge is 2.29.